The summed E-state index contributed by atoms with van der Waals surface area (Å²) in [6.07, 6.45) is 2.69. The first kappa shape index (κ1) is 30.0. The van der Waals surface area contributed by atoms with Gasteiger partial charge in [-0.25, -0.2) is 9.78 Å². The SMILES string of the molecule is CCC(C)C(NC(=O)C(Cc1ccccc1)NC(=O)C(N)CC(=O)O)C(=O)NC(Cc1cnc[nH]1)C(=O)O. The number of H-pyrrole nitrogens is 1. The highest BCUT2D eigenvalue weighted by molar-refractivity contribution is 5.95. The van der Waals surface area contributed by atoms with Crippen molar-refractivity contribution < 1.29 is 34.2 Å². The van der Waals surface area contributed by atoms with E-state index in [0.29, 0.717) is 17.7 Å². The number of nitrogens with two attached hydrogens (primary N) is 1. The molecule has 5 atom stereocenters. The molecule has 0 aliphatic heterocycles. The third-order valence-corrected chi connectivity index (χ3v) is 6.03. The molecule has 5 unspecified atom stereocenters. The molecule has 0 bridgehead atoms. The number of nitrogens with one attached hydrogen (secondary N) is 4. The van der Waals surface area contributed by atoms with Crippen LogP contribution in [-0.2, 0) is 36.8 Å². The van der Waals surface area contributed by atoms with Crippen LogP contribution < -0.4 is 21.7 Å². The van der Waals surface area contributed by atoms with Gasteiger partial charge in [-0.2, -0.15) is 0 Å². The molecule has 1 heterocycles. The molecule has 13 heteroatoms. The maximum Gasteiger partial charge on any atom is 0.326 e. The summed E-state index contributed by atoms with van der Waals surface area (Å²) in [5.41, 5.74) is 6.87. The highest BCUT2D eigenvalue weighted by Gasteiger charge is 2.33. The molecule has 3 amide bonds. The second-order valence-electron chi connectivity index (χ2n) is 9.01. The van der Waals surface area contributed by atoms with Crippen molar-refractivity contribution in [3.63, 3.8) is 0 Å². The number of nitrogens with zero attached hydrogens (tertiary/aromatic N) is 1. The third kappa shape index (κ3) is 9.32. The molecule has 1 aromatic heterocycles. The Balaban J connectivity index is 2.22. The Morgan fingerprint density at radius 1 is 0.947 bits per heavy atom. The van der Waals surface area contributed by atoms with E-state index in [1.165, 1.54) is 12.5 Å². The second kappa shape index (κ2) is 14.5. The molecule has 0 aliphatic carbocycles. The van der Waals surface area contributed by atoms with Crippen molar-refractivity contribution in [2.45, 2.75) is 63.7 Å². The maximum absolute atomic E-state index is 13.3. The molecule has 2 aromatic rings. The maximum atomic E-state index is 13.3. The molecular formula is C25H34N6O7. The van der Waals surface area contributed by atoms with Crippen LogP contribution in [0.2, 0.25) is 0 Å². The number of imidazole rings is 1. The van der Waals surface area contributed by atoms with Crippen molar-refractivity contribution in [1.82, 2.24) is 25.9 Å². The molecule has 1 aromatic carbocycles. The number of hydrogen-bond acceptors (Lipinski definition) is 7. The van der Waals surface area contributed by atoms with Crippen LogP contribution in [0.15, 0.2) is 42.9 Å². The second-order valence-corrected chi connectivity index (χ2v) is 9.01. The fourth-order valence-electron chi connectivity index (χ4n) is 3.65. The van der Waals surface area contributed by atoms with E-state index in [-0.39, 0.29) is 18.8 Å². The first-order valence-corrected chi connectivity index (χ1v) is 12.1. The minimum absolute atomic E-state index is 0.0452. The van der Waals surface area contributed by atoms with Crippen LogP contribution in [-0.4, -0.2) is 74.0 Å². The van der Waals surface area contributed by atoms with Crippen LogP contribution in [0.3, 0.4) is 0 Å². The molecule has 2 rings (SSSR count). The number of benzene rings is 1. The number of aliphatic carboxylic acids is 2. The molecule has 8 N–H and O–H groups in total. The van der Waals surface area contributed by atoms with E-state index in [1.807, 2.05) is 6.92 Å². The standard InChI is InChI=1S/C25H34N6O7/c1-3-14(2)21(24(36)30-19(25(37)38)10-16-12-27-13-28-16)31-23(35)18(9-15-7-5-4-6-8-15)29-22(34)17(26)11-20(32)33/h4-8,12-14,17-19,21H,3,9-11,26H2,1-2H3,(H,27,28)(H,29,34)(H,30,36)(H,31,35)(H,32,33)(H,37,38). The van der Waals surface area contributed by atoms with Crippen LogP contribution in [0.1, 0.15) is 37.9 Å². The number of aromatic nitrogens is 2. The Morgan fingerprint density at radius 2 is 1.61 bits per heavy atom. The smallest absolute Gasteiger partial charge is 0.326 e. The normalized spacial score (nSPS) is 14.8. The highest BCUT2D eigenvalue weighted by Crippen LogP contribution is 2.11. The predicted octanol–water partition coefficient (Wildman–Crippen LogP) is -0.418. The van der Waals surface area contributed by atoms with Gasteiger partial charge >= 0.3 is 11.9 Å². The van der Waals surface area contributed by atoms with Gasteiger partial charge in [0.05, 0.1) is 18.8 Å². The van der Waals surface area contributed by atoms with Gasteiger partial charge in [0.2, 0.25) is 17.7 Å². The molecule has 0 fully saturated rings. The summed E-state index contributed by atoms with van der Waals surface area (Å²) in [4.78, 5) is 68.4. The first-order valence-electron chi connectivity index (χ1n) is 12.1. The minimum atomic E-state index is -1.38. The van der Waals surface area contributed by atoms with Gasteiger partial charge in [0.25, 0.3) is 0 Å². The average molecular weight is 531 g/mol. The lowest BCUT2D eigenvalue weighted by molar-refractivity contribution is -0.142. The molecule has 0 radical (unpaired) electrons. The summed E-state index contributed by atoms with van der Waals surface area (Å²) in [6, 6.07) is 3.83. The summed E-state index contributed by atoms with van der Waals surface area (Å²) < 4.78 is 0. The van der Waals surface area contributed by atoms with Crippen LogP contribution in [0.25, 0.3) is 0 Å². The minimum Gasteiger partial charge on any atom is -0.481 e. The zero-order valence-corrected chi connectivity index (χ0v) is 21.2. The monoisotopic (exact) mass is 530 g/mol. The van der Waals surface area contributed by atoms with Crippen LogP contribution in [0.5, 0.6) is 0 Å². The quantitative estimate of drug-likeness (QED) is 0.159. The Kier molecular flexibility index (Phi) is 11.4. The molecule has 206 valence electrons. The van der Waals surface area contributed by atoms with Gasteiger partial charge in [-0.3, -0.25) is 19.2 Å². The fraction of sp³-hybridized carbons (Fsp3) is 0.440. The van der Waals surface area contributed by atoms with E-state index in [2.05, 4.69) is 25.9 Å². The van der Waals surface area contributed by atoms with E-state index in [4.69, 9.17) is 10.8 Å². The van der Waals surface area contributed by atoms with E-state index in [9.17, 15) is 29.1 Å². The predicted molar refractivity (Wildman–Crippen MR) is 136 cm³/mol. The van der Waals surface area contributed by atoms with Crippen molar-refractivity contribution in [3.8, 4) is 0 Å². The van der Waals surface area contributed by atoms with Crippen molar-refractivity contribution in [3.05, 3.63) is 54.1 Å². The molecular weight excluding hydrogens is 496 g/mol. The van der Waals surface area contributed by atoms with Crippen molar-refractivity contribution in [2.24, 2.45) is 11.7 Å². The van der Waals surface area contributed by atoms with Crippen molar-refractivity contribution in [2.75, 3.05) is 0 Å². The Morgan fingerprint density at radius 3 is 2.16 bits per heavy atom. The van der Waals surface area contributed by atoms with Gasteiger partial charge < -0.3 is 36.9 Å². The van der Waals surface area contributed by atoms with Gasteiger partial charge in [-0.1, -0.05) is 50.6 Å². The highest BCUT2D eigenvalue weighted by atomic mass is 16.4. The average Bonchev–Trinajstić information content (AvgIpc) is 3.39. The number of carbonyl (C=O) groups excluding carboxylic acids is 3. The third-order valence-electron chi connectivity index (χ3n) is 6.03. The largest absolute Gasteiger partial charge is 0.481 e. The van der Waals surface area contributed by atoms with E-state index >= 15 is 0 Å². The number of hydrogen-bond donors (Lipinski definition) is 7. The van der Waals surface area contributed by atoms with Crippen molar-refractivity contribution >= 4 is 29.7 Å². The first-order chi connectivity index (χ1) is 18.0. The fourth-order valence-corrected chi connectivity index (χ4v) is 3.65. The zero-order chi connectivity index (χ0) is 28.2. The summed E-state index contributed by atoms with van der Waals surface area (Å²) in [5, 5.41) is 26.1. The molecule has 0 saturated carbocycles. The van der Waals surface area contributed by atoms with Gasteiger partial charge in [-0.05, 0) is 11.5 Å². The molecule has 0 spiro atoms. The van der Waals surface area contributed by atoms with E-state index < -0.39 is 60.2 Å². The topological polar surface area (TPSA) is 217 Å². The summed E-state index contributed by atoms with van der Waals surface area (Å²) in [7, 11) is 0. The summed E-state index contributed by atoms with van der Waals surface area (Å²) in [6.45, 7) is 3.53. The zero-order valence-electron chi connectivity index (χ0n) is 21.2. The number of carboxylic acid groups (broad SMARTS) is 2. The number of carbonyl (C=O) groups is 5. The van der Waals surface area contributed by atoms with Crippen LogP contribution >= 0.6 is 0 Å². The lowest BCUT2D eigenvalue weighted by Gasteiger charge is -2.28. The molecule has 0 aliphatic rings. The van der Waals surface area contributed by atoms with Gasteiger partial charge in [0, 0.05) is 24.7 Å². The lowest BCUT2D eigenvalue weighted by Crippen LogP contribution is -2.59. The van der Waals surface area contributed by atoms with Gasteiger partial charge in [-0.15, -0.1) is 0 Å². The number of rotatable bonds is 15. The Bertz CT molecular complexity index is 1090. The van der Waals surface area contributed by atoms with E-state index in [0.717, 1.165) is 0 Å². The molecule has 13 nitrogen and oxygen atoms in total. The van der Waals surface area contributed by atoms with Gasteiger partial charge in [0.15, 0.2) is 0 Å². The lowest BCUT2D eigenvalue weighted by atomic mass is 9.96. The number of carboxylic acids is 2. The van der Waals surface area contributed by atoms with Crippen molar-refractivity contribution in [1.29, 1.82) is 0 Å². The Hall–Kier alpha value is -4.26. The van der Waals surface area contributed by atoms with E-state index in [1.54, 1.807) is 37.3 Å². The molecule has 38 heavy (non-hydrogen) atoms. The van der Waals surface area contributed by atoms with Crippen LogP contribution in [0, 0.1) is 5.92 Å². The number of aromatic amines is 1. The number of amides is 3. The summed E-state index contributed by atoms with van der Waals surface area (Å²) >= 11 is 0. The molecule has 0 saturated heterocycles. The van der Waals surface area contributed by atoms with Gasteiger partial charge in [0.1, 0.15) is 18.1 Å². The summed E-state index contributed by atoms with van der Waals surface area (Å²) in [5.74, 6) is -5.16. The Labute approximate surface area is 219 Å². The van der Waals surface area contributed by atoms with Crippen LogP contribution in [0.4, 0.5) is 0 Å².